The Morgan fingerprint density at radius 1 is 0.861 bits per heavy atom. The number of amides is 3. The minimum Gasteiger partial charge on any atom is -0.426 e. The maximum Gasteiger partial charge on any atom is 0.316 e. The molecule has 0 spiro atoms. The average Bonchev–Trinajstić information content (AvgIpc) is 3.33. The number of esters is 1. The van der Waals surface area contributed by atoms with Gasteiger partial charge in [-0.05, 0) is 86.0 Å². The number of anilines is 2. The van der Waals surface area contributed by atoms with E-state index in [1.165, 1.54) is 0 Å². The first-order chi connectivity index (χ1) is 17.1. The molecule has 182 valence electrons. The Kier molecular flexibility index (Phi) is 6.00. The van der Waals surface area contributed by atoms with Gasteiger partial charge in [-0.3, -0.25) is 19.2 Å². The molecule has 1 saturated heterocycles. The van der Waals surface area contributed by atoms with E-state index in [9.17, 15) is 19.2 Å². The lowest BCUT2D eigenvalue weighted by Gasteiger charge is -2.18. The number of nitrogens with zero attached hydrogens (tertiary/aromatic N) is 2. The van der Waals surface area contributed by atoms with Crippen molar-refractivity contribution in [2.75, 3.05) is 16.3 Å². The maximum atomic E-state index is 12.9. The third-order valence-electron chi connectivity index (χ3n) is 6.74. The molecule has 1 atom stereocenters. The Balaban J connectivity index is 1.30. The topological polar surface area (TPSA) is 84.0 Å². The number of imide groups is 1. The van der Waals surface area contributed by atoms with Crippen molar-refractivity contribution < 1.29 is 23.9 Å². The van der Waals surface area contributed by atoms with Gasteiger partial charge in [0.15, 0.2) is 0 Å². The predicted octanol–water partition coefficient (Wildman–Crippen LogP) is 5.13. The Morgan fingerprint density at radius 2 is 1.61 bits per heavy atom. The van der Waals surface area contributed by atoms with Crippen LogP contribution in [0.25, 0.3) is 0 Å². The van der Waals surface area contributed by atoms with Crippen molar-refractivity contribution in [2.45, 2.75) is 27.2 Å². The van der Waals surface area contributed by atoms with Gasteiger partial charge >= 0.3 is 5.97 Å². The number of carbonyl (C=O) groups is 4. The summed E-state index contributed by atoms with van der Waals surface area (Å²) >= 11 is 3.34. The summed E-state index contributed by atoms with van der Waals surface area (Å²) in [5, 5.41) is 0. The molecular weight excluding hydrogens is 524 g/mol. The van der Waals surface area contributed by atoms with Crippen molar-refractivity contribution >= 4 is 51.0 Å². The van der Waals surface area contributed by atoms with Crippen LogP contribution in [0.1, 0.15) is 43.8 Å². The molecule has 5 rings (SSSR count). The first-order valence-corrected chi connectivity index (χ1v) is 12.3. The zero-order valence-electron chi connectivity index (χ0n) is 20.0. The first-order valence-electron chi connectivity index (χ1n) is 11.5. The monoisotopic (exact) mass is 546 g/mol. The van der Waals surface area contributed by atoms with Crippen LogP contribution in [-0.4, -0.2) is 30.2 Å². The van der Waals surface area contributed by atoms with Gasteiger partial charge in [0, 0.05) is 23.1 Å². The van der Waals surface area contributed by atoms with Crippen molar-refractivity contribution in [3.05, 3.63) is 86.9 Å². The summed E-state index contributed by atoms with van der Waals surface area (Å²) < 4.78 is 6.30. The number of halogens is 1. The molecular formula is C28H23BrN2O5. The van der Waals surface area contributed by atoms with Crippen LogP contribution in [0.5, 0.6) is 5.75 Å². The van der Waals surface area contributed by atoms with E-state index in [0.717, 1.165) is 21.7 Å². The van der Waals surface area contributed by atoms with E-state index in [1.807, 2.05) is 32.0 Å². The zero-order valence-corrected chi connectivity index (χ0v) is 21.6. The van der Waals surface area contributed by atoms with E-state index >= 15 is 0 Å². The lowest BCUT2D eigenvalue weighted by Crippen LogP contribution is -2.30. The maximum absolute atomic E-state index is 12.9. The largest absolute Gasteiger partial charge is 0.426 e. The summed E-state index contributed by atoms with van der Waals surface area (Å²) in [4.78, 5) is 54.1. The number of hydrogen-bond acceptors (Lipinski definition) is 5. The number of benzene rings is 3. The zero-order chi connectivity index (χ0) is 25.7. The van der Waals surface area contributed by atoms with E-state index in [1.54, 1.807) is 48.2 Å². The summed E-state index contributed by atoms with van der Waals surface area (Å²) in [6, 6.07) is 15.5. The van der Waals surface area contributed by atoms with Gasteiger partial charge in [0.1, 0.15) is 5.75 Å². The van der Waals surface area contributed by atoms with E-state index in [-0.39, 0.29) is 24.6 Å². The standard InChI is InChI=1S/C28H23BrN2O5/c1-15-4-6-20(10-16(15)2)30-14-18(12-25(30)32)28(35)36-21-7-9-24(17(3)11-21)31-26(33)22-8-5-19(29)13-23(22)27(31)34/h4-11,13,18H,12,14H2,1-3H3/t18-/m0/s1. The molecule has 36 heavy (non-hydrogen) atoms. The van der Waals surface area contributed by atoms with Crippen LogP contribution in [0.4, 0.5) is 11.4 Å². The fourth-order valence-electron chi connectivity index (χ4n) is 4.58. The van der Waals surface area contributed by atoms with Gasteiger partial charge in [0.05, 0.1) is 22.7 Å². The number of ether oxygens (including phenoxy) is 1. The Morgan fingerprint density at radius 3 is 2.33 bits per heavy atom. The molecule has 0 N–H and O–H groups in total. The van der Waals surface area contributed by atoms with Crippen molar-refractivity contribution in [2.24, 2.45) is 5.92 Å². The summed E-state index contributed by atoms with van der Waals surface area (Å²) in [5.41, 5.74) is 4.69. The lowest BCUT2D eigenvalue weighted by molar-refractivity contribution is -0.139. The molecule has 1 fully saturated rings. The quantitative estimate of drug-likeness (QED) is 0.257. The number of rotatable bonds is 4. The Labute approximate surface area is 216 Å². The summed E-state index contributed by atoms with van der Waals surface area (Å²) in [6.07, 6.45) is 0.0768. The van der Waals surface area contributed by atoms with Gasteiger partial charge in [-0.15, -0.1) is 0 Å². The van der Waals surface area contributed by atoms with Crippen LogP contribution in [0, 0.1) is 26.7 Å². The highest BCUT2D eigenvalue weighted by Crippen LogP contribution is 2.34. The normalized spacial score (nSPS) is 17.1. The molecule has 3 amide bonds. The van der Waals surface area contributed by atoms with E-state index in [2.05, 4.69) is 15.9 Å². The van der Waals surface area contributed by atoms with E-state index in [0.29, 0.717) is 26.9 Å². The lowest BCUT2D eigenvalue weighted by atomic mass is 10.1. The van der Waals surface area contributed by atoms with E-state index < -0.39 is 23.7 Å². The van der Waals surface area contributed by atoms with Crippen molar-refractivity contribution in [1.29, 1.82) is 0 Å². The van der Waals surface area contributed by atoms with Crippen molar-refractivity contribution in [3.63, 3.8) is 0 Å². The van der Waals surface area contributed by atoms with Crippen molar-refractivity contribution in [1.82, 2.24) is 0 Å². The average molecular weight is 547 g/mol. The second-order valence-corrected chi connectivity index (χ2v) is 10.1. The molecule has 8 heteroatoms. The molecule has 0 aromatic heterocycles. The van der Waals surface area contributed by atoms with Crippen LogP contribution in [0.15, 0.2) is 59.1 Å². The second-order valence-electron chi connectivity index (χ2n) is 9.18. The second kappa shape index (κ2) is 9.02. The van der Waals surface area contributed by atoms with Crippen LogP contribution in [0.3, 0.4) is 0 Å². The highest BCUT2D eigenvalue weighted by Gasteiger charge is 2.38. The molecule has 3 aromatic rings. The van der Waals surface area contributed by atoms with Gasteiger partial charge < -0.3 is 9.64 Å². The smallest absolute Gasteiger partial charge is 0.316 e. The fourth-order valence-corrected chi connectivity index (χ4v) is 4.94. The number of hydrogen-bond donors (Lipinski definition) is 0. The first kappa shape index (κ1) is 23.9. The summed E-state index contributed by atoms with van der Waals surface area (Å²) in [5.74, 6) is -1.71. The van der Waals surface area contributed by atoms with Crippen LogP contribution in [-0.2, 0) is 9.59 Å². The third-order valence-corrected chi connectivity index (χ3v) is 7.23. The number of carbonyl (C=O) groups excluding carboxylic acids is 4. The molecule has 2 heterocycles. The van der Waals surface area contributed by atoms with Gasteiger partial charge in [0.25, 0.3) is 11.8 Å². The minimum atomic E-state index is -0.589. The summed E-state index contributed by atoms with van der Waals surface area (Å²) in [6.45, 7) is 5.98. The van der Waals surface area contributed by atoms with Gasteiger partial charge in [-0.2, -0.15) is 0 Å². The minimum absolute atomic E-state index is 0.0768. The van der Waals surface area contributed by atoms with Gasteiger partial charge in [0.2, 0.25) is 5.91 Å². The SMILES string of the molecule is Cc1ccc(N2C[C@@H](C(=O)Oc3ccc(N4C(=O)c5ccc(Br)cc5C4=O)c(C)c3)CC2=O)cc1C. The summed E-state index contributed by atoms with van der Waals surface area (Å²) in [7, 11) is 0. The van der Waals surface area contributed by atoms with Gasteiger partial charge in [-0.25, -0.2) is 4.90 Å². The molecule has 0 radical (unpaired) electrons. The Hall–Kier alpha value is -3.78. The molecule has 2 aliphatic heterocycles. The molecule has 0 unspecified atom stereocenters. The molecule has 2 aliphatic rings. The van der Waals surface area contributed by atoms with Crippen LogP contribution < -0.4 is 14.5 Å². The van der Waals surface area contributed by atoms with Crippen molar-refractivity contribution in [3.8, 4) is 5.75 Å². The fraction of sp³-hybridized carbons (Fsp3) is 0.214. The van der Waals surface area contributed by atoms with Crippen LogP contribution >= 0.6 is 15.9 Å². The molecule has 3 aromatic carbocycles. The van der Waals surface area contributed by atoms with E-state index in [4.69, 9.17) is 4.74 Å². The van der Waals surface area contributed by atoms with Gasteiger partial charge in [-0.1, -0.05) is 22.0 Å². The molecule has 7 nitrogen and oxygen atoms in total. The molecule has 0 aliphatic carbocycles. The predicted molar refractivity (Wildman–Crippen MR) is 138 cm³/mol. The number of fused-ring (bicyclic) bond motifs is 1. The highest BCUT2D eigenvalue weighted by atomic mass is 79.9. The molecule has 0 saturated carbocycles. The highest BCUT2D eigenvalue weighted by molar-refractivity contribution is 9.10. The third kappa shape index (κ3) is 4.11. The van der Waals surface area contributed by atoms with Crippen LogP contribution in [0.2, 0.25) is 0 Å². The molecule has 0 bridgehead atoms. The Bertz CT molecular complexity index is 1460. The number of aryl methyl sites for hydroxylation is 3.